The van der Waals surface area contributed by atoms with E-state index in [4.69, 9.17) is 9.84 Å². The van der Waals surface area contributed by atoms with Crippen LogP contribution in [-0.2, 0) is 19.7 Å². The second-order valence-corrected chi connectivity index (χ2v) is 7.42. The van der Waals surface area contributed by atoms with Crippen molar-refractivity contribution < 1.29 is 19.4 Å². The number of carboxylic acids is 1. The van der Waals surface area contributed by atoms with Gasteiger partial charge in [-0.25, -0.2) is 0 Å². The number of ether oxygens (including phenoxy) is 1. The third kappa shape index (κ3) is 3.87. The number of amides is 1. The largest absolute Gasteiger partial charge is 0.481 e. The highest BCUT2D eigenvalue weighted by atomic mass is 16.5. The third-order valence-electron chi connectivity index (χ3n) is 5.80. The van der Waals surface area contributed by atoms with Gasteiger partial charge < -0.3 is 15.2 Å². The second kappa shape index (κ2) is 7.56. The van der Waals surface area contributed by atoms with Crippen molar-refractivity contribution in [2.75, 3.05) is 13.2 Å². The van der Waals surface area contributed by atoms with Gasteiger partial charge in [-0.1, -0.05) is 29.8 Å². The van der Waals surface area contributed by atoms with Crippen molar-refractivity contribution in [3.8, 4) is 0 Å². The van der Waals surface area contributed by atoms with E-state index in [9.17, 15) is 9.59 Å². The minimum Gasteiger partial charge on any atom is -0.481 e. The third-order valence-corrected chi connectivity index (χ3v) is 5.80. The van der Waals surface area contributed by atoms with Crippen LogP contribution in [0.15, 0.2) is 24.3 Å². The molecule has 2 fully saturated rings. The lowest BCUT2D eigenvalue weighted by atomic mass is 9.72. The van der Waals surface area contributed by atoms with Crippen LogP contribution in [0, 0.1) is 12.8 Å². The number of carbonyl (C=O) groups is 2. The van der Waals surface area contributed by atoms with Crippen molar-refractivity contribution in [1.29, 1.82) is 0 Å². The smallest absolute Gasteiger partial charge is 0.306 e. The molecule has 5 nitrogen and oxygen atoms in total. The highest BCUT2D eigenvalue weighted by Crippen LogP contribution is 2.36. The summed E-state index contributed by atoms with van der Waals surface area (Å²) in [6.07, 6.45) is 4.13. The van der Waals surface area contributed by atoms with Crippen LogP contribution in [0.4, 0.5) is 0 Å². The quantitative estimate of drug-likeness (QED) is 0.880. The fourth-order valence-electron chi connectivity index (χ4n) is 4.05. The molecule has 1 amide bonds. The van der Waals surface area contributed by atoms with Crippen LogP contribution in [0.3, 0.4) is 0 Å². The van der Waals surface area contributed by atoms with Crippen molar-refractivity contribution in [2.45, 2.75) is 56.9 Å². The molecule has 0 bridgehead atoms. The van der Waals surface area contributed by atoms with E-state index in [0.717, 1.165) is 18.4 Å². The molecule has 1 saturated heterocycles. The maximum atomic E-state index is 13.2. The molecule has 0 unspecified atom stereocenters. The maximum Gasteiger partial charge on any atom is 0.306 e. The molecular weight excluding hydrogens is 318 g/mol. The van der Waals surface area contributed by atoms with Gasteiger partial charge in [0, 0.05) is 19.3 Å². The molecule has 2 N–H and O–H groups in total. The fourth-order valence-corrected chi connectivity index (χ4v) is 4.05. The summed E-state index contributed by atoms with van der Waals surface area (Å²) in [5, 5.41) is 12.3. The van der Waals surface area contributed by atoms with Crippen LogP contribution in [0.2, 0.25) is 0 Å². The molecule has 2 aliphatic rings. The monoisotopic (exact) mass is 345 g/mol. The van der Waals surface area contributed by atoms with E-state index in [-0.39, 0.29) is 17.9 Å². The Morgan fingerprint density at radius 3 is 2.24 bits per heavy atom. The molecule has 0 aromatic heterocycles. The molecule has 1 saturated carbocycles. The Labute approximate surface area is 148 Å². The Morgan fingerprint density at radius 2 is 1.68 bits per heavy atom. The zero-order valence-electron chi connectivity index (χ0n) is 14.8. The van der Waals surface area contributed by atoms with Crippen molar-refractivity contribution in [2.24, 2.45) is 5.92 Å². The van der Waals surface area contributed by atoms with Gasteiger partial charge in [0.05, 0.1) is 11.3 Å². The molecule has 1 aliphatic heterocycles. The number of aliphatic carboxylic acids is 1. The second-order valence-electron chi connectivity index (χ2n) is 7.42. The Balaban J connectivity index is 1.72. The van der Waals surface area contributed by atoms with Crippen LogP contribution >= 0.6 is 0 Å². The van der Waals surface area contributed by atoms with Gasteiger partial charge in [-0.15, -0.1) is 0 Å². The van der Waals surface area contributed by atoms with E-state index in [1.165, 1.54) is 5.56 Å². The molecule has 136 valence electrons. The number of hydrogen-bond donors (Lipinski definition) is 2. The van der Waals surface area contributed by atoms with E-state index in [0.29, 0.717) is 38.9 Å². The molecule has 5 heteroatoms. The number of benzene rings is 1. The zero-order chi connectivity index (χ0) is 17.9. The van der Waals surface area contributed by atoms with Crippen LogP contribution < -0.4 is 5.32 Å². The van der Waals surface area contributed by atoms with Crippen LogP contribution in [-0.4, -0.2) is 36.2 Å². The maximum absolute atomic E-state index is 13.2. The van der Waals surface area contributed by atoms with Crippen LogP contribution in [0.1, 0.15) is 49.7 Å². The van der Waals surface area contributed by atoms with E-state index < -0.39 is 11.4 Å². The van der Waals surface area contributed by atoms with Crippen LogP contribution in [0.5, 0.6) is 0 Å². The van der Waals surface area contributed by atoms with E-state index in [1.807, 2.05) is 6.92 Å². The number of nitrogens with one attached hydrogen (secondary N) is 1. The number of hydrogen-bond acceptors (Lipinski definition) is 3. The Hall–Kier alpha value is -1.88. The minimum atomic E-state index is -0.717. The lowest BCUT2D eigenvalue weighted by Gasteiger charge is -2.38. The normalized spacial score (nSPS) is 26.0. The van der Waals surface area contributed by atoms with Crippen molar-refractivity contribution in [1.82, 2.24) is 5.32 Å². The topological polar surface area (TPSA) is 75.6 Å². The van der Waals surface area contributed by atoms with Crippen molar-refractivity contribution >= 4 is 11.9 Å². The molecule has 0 radical (unpaired) electrons. The fraction of sp³-hybridized carbons (Fsp3) is 0.600. The summed E-state index contributed by atoms with van der Waals surface area (Å²) in [6.45, 7) is 3.22. The minimum absolute atomic E-state index is 0.0680. The van der Waals surface area contributed by atoms with Crippen molar-refractivity contribution in [3.05, 3.63) is 35.4 Å². The van der Waals surface area contributed by atoms with E-state index in [2.05, 4.69) is 29.6 Å². The molecule has 0 spiro atoms. The molecular formula is C20H27NO4. The number of aryl methyl sites for hydroxylation is 1. The van der Waals surface area contributed by atoms with E-state index >= 15 is 0 Å². The Morgan fingerprint density at radius 1 is 1.08 bits per heavy atom. The summed E-state index contributed by atoms with van der Waals surface area (Å²) in [5.41, 5.74) is 1.70. The number of carboxylic acid groups (broad SMARTS) is 1. The van der Waals surface area contributed by atoms with Gasteiger partial charge in [0.15, 0.2) is 0 Å². The van der Waals surface area contributed by atoms with Gasteiger partial charge in [-0.2, -0.15) is 0 Å². The van der Waals surface area contributed by atoms with Gasteiger partial charge in [0.25, 0.3) is 0 Å². The predicted molar refractivity (Wildman–Crippen MR) is 94.4 cm³/mol. The summed E-state index contributed by atoms with van der Waals surface area (Å²) in [4.78, 5) is 24.3. The Kier molecular flexibility index (Phi) is 5.42. The first-order valence-electron chi connectivity index (χ1n) is 9.20. The number of carbonyl (C=O) groups excluding carboxylic acids is 1. The van der Waals surface area contributed by atoms with E-state index in [1.54, 1.807) is 0 Å². The summed E-state index contributed by atoms with van der Waals surface area (Å²) in [7, 11) is 0. The van der Waals surface area contributed by atoms with Gasteiger partial charge in [0.1, 0.15) is 0 Å². The molecule has 3 rings (SSSR count). The van der Waals surface area contributed by atoms with Crippen LogP contribution in [0.25, 0.3) is 0 Å². The first kappa shape index (κ1) is 17.9. The zero-order valence-corrected chi connectivity index (χ0v) is 14.8. The lowest BCUT2D eigenvalue weighted by molar-refractivity contribution is -0.142. The highest BCUT2D eigenvalue weighted by Gasteiger charge is 2.42. The van der Waals surface area contributed by atoms with Gasteiger partial charge in [0.2, 0.25) is 5.91 Å². The van der Waals surface area contributed by atoms with Gasteiger partial charge in [-0.05, 0) is 51.0 Å². The summed E-state index contributed by atoms with van der Waals surface area (Å²) in [5.74, 6) is -0.911. The standard InChI is InChI=1S/C20H27NO4/c1-14-2-6-16(7-3-14)20(10-12-25-13-11-20)19(24)21-17-8-4-15(5-9-17)18(22)23/h2-3,6-7,15,17H,4-5,8-13H2,1H3,(H,21,24)(H,22,23). The molecule has 1 heterocycles. The Bertz CT molecular complexity index is 611. The molecule has 1 aliphatic carbocycles. The summed E-state index contributed by atoms with van der Waals surface area (Å²) < 4.78 is 5.51. The average Bonchev–Trinajstić information content (AvgIpc) is 2.63. The van der Waals surface area contributed by atoms with Gasteiger partial charge >= 0.3 is 5.97 Å². The molecule has 1 aromatic carbocycles. The lowest BCUT2D eigenvalue weighted by Crippen LogP contribution is -2.51. The molecule has 0 atom stereocenters. The first-order valence-corrected chi connectivity index (χ1v) is 9.20. The molecule has 25 heavy (non-hydrogen) atoms. The van der Waals surface area contributed by atoms with Gasteiger partial charge in [-0.3, -0.25) is 9.59 Å². The molecule has 1 aromatic rings. The average molecular weight is 345 g/mol. The number of rotatable bonds is 4. The SMILES string of the molecule is Cc1ccc(C2(C(=O)NC3CCC(C(=O)O)CC3)CCOCC2)cc1. The first-order chi connectivity index (χ1) is 12.0. The highest BCUT2D eigenvalue weighted by molar-refractivity contribution is 5.88. The van der Waals surface area contributed by atoms with Crippen molar-refractivity contribution in [3.63, 3.8) is 0 Å². The summed E-state index contributed by atoms with van der Waals surface area (Å²) >= 11 is 0. The predicted octanol–water partition coefficient (Wildman–Crippen LogP) is 2.80. The summed E-state index contributed by atoms with van der Waals surface area (Å²) in [6, 6.07) is 8.30.